The van der Waals surface area contributed by atoms with Crippen molar-refractivity contribution >= 4 is 16.8 Å². The number of morpholine rings is 1. The molecule has 0 bridgehead atoms. The van der Waals surface area contributed by atoms with E-state index in [0.29, 0.717) is 19.7 Å². The highest BCUT2D eigenvalue weighted by Gasteiger charge is 2.21. The lowest BCUT2D eigenvalue weighted by atomic mass is 10.1. The van der Waals surface area contributed by atoms with Crippen LogP contribution in [0.4, 0.5) is 0 Å². The molecule has 1 atom stereocenters. The lowest BCUT2D eigenvalue weighted by molar-refractivity contribution is -0.134. The number of carbonyl (C=O) groups is 1. The minimum absolute atomic E-state index is 0.0289. The second-order valence-corrected chi connectivity index (χ2v) is 5.42. The van der Waals surface area contributed by atoms with Crippen LogP contribution in [0.5, 0.6) is 0 Å². The minimum Gasteiger partial charge on any atom is -0.366 e. The molecule has 3 N–H and O–H groups in total. The Morgan fingerprint density at radius 1 is 1.48 bits per heavy atom. The third-order valence-electron chi connectivity index (χ3n) is 3.91. The molecule has 1 aliphatic rings. The Kier molecular flexibility index (Phi) is 4.22. The normalized spacial score (nSPS) is 18.8. The van der Waals surface area contributed by atoms with Crippen molar-refractivity contribution < 1.29 is 9.53 Å². The molecule has 1 amide bonds. The summed E-state index contributed by atoms with van der Waals surface area (Å²) in [5, 5.41) is 7.38. The molecule has 2 aromatic rings. The molecule has 1 aromatic carbocycles. The summed E-state index contributed by atoms with van der Waals surface area (Å²) in [6, 6.07) is 6.24. The number of benzene rings is 1. The molecule has 1 aromatic heterocycles. The van der Waals surface area contributed by atoms with Gasteiger partial charge in [-0.05, 0) is 30.5 Å². The van der Waals surface area contributed by atoms with Crippen LogP contribution in [0.15, 0.2) is 24.4 Å². The van der Waals surface area contributed by atoms with E-state index < -0.39 is 0 Å². The maximum atomic E-state index is 12.0. The van der Waals surface area contributed by atoms with E-state index in [1.165, 1.54) is 16.5 Å². The Bertz CT molecular complexity index is 629. The average Bonchev–Trinajstić information content (AvgIpc) is 2.93. The SMILES string of the molecule is Cc1cccc2[nH]cc(CCNC(=O)C3CNCCO3)c12. The third-order valence-corrected chi connectivity index (χ3v) is 3.91. The standard InChI is InChI=1S/C16H21N3O2/c1-11-3-2-4-13-15(11)12(9-19-13)5-6-18-16(20)14-10-17-7-8-21-14/h2-4,9,14,17,19H,5-8,10H2,1H3,(H,18,20). The van der Waals surface area contributed by atoms with Crippen molar-refractivity contribution in [3.8, 4) is 0 Å². The molecule has 5 heteroatoms. The summed E-state index contributed by atoms with van der Waals surface area (Å²) >= 11 is 0. The van der Waals surface area contributed by atoms with Crippen LogP contribution in [0.3, 0.4) is 0 Å². The first kappa shape index (κ1) is 14.1. The number of aromatic amines is 1. The molecule has 112 valence electrons. The number of hydrogen-bond donors (Lipinski definition) is 3. The van der Waals surface area contributed by atoms with Gasteiger partial charge in [0.05, 0.1) is 6.61 Å². The Balaban J connectivity index is 1.58. The zero-order chi connectivity index (χ0) is 14.7. The van der Waals surface area contributed by atoms with E-state index in [1.807, 2.05) is 12.3 Å². The zero-order valence-electron chi connectivity index (χ0n) is 12.2. The smallest absolute Gasteiger partial charge is 0.250 e. The Labute approximate surface area is 124 Å². The van der Waals surface area contributed by atoms with Gasteiger partial charge in [-0.2, -0.15) is 0 Å². The van der Waals surface area contributed by atoms with Gasteiger partial charge in [0.1, 0.15) is 6.10 Å². The first-order chi connectivity index (χ1) is 10.3. The molecule has 0 spiro atoms. The highest BCUT2D eigenvalue weighted by Crippen LogP contribution is 2.22. The number of aromatic nitrogens is 1. The average molecular weight is 287 g/mol. The molecular formula is C16H21N3O2. The number of nitrogens with one attached hydrogen (secondary N) is 3. The van der Waals surface area contributed by atoms with E-state index in [1.54, 1.807) is 0 Å². The summed E-state index contributed by atoms with van der Waals surface area (Å²) in [6.45, 7) is 4.75. The van der Waals surface area contributed by atoms with Crippen molar-refractivity contribution in [2.75, 3.05) is 26.2 Å². The van der Waals surface area contributed by atoms with Gasteiger partial charge in [0, 0.05) is 36.7 Å². The largest absolute Gasteiger partial charge is 0.366 e. The van der Waals surface area contributed by atoms with E-state index in [4.69, 9.17) is 4.74 Å². The first-order valence-corrected chi connectivity index (χ1v) is 7.41. The van der Waals surface area contributed by atoms with E-state index >= 15 is 0 Å². The monoisotopic (exact) mass is 287 g/mol. The number of aryl methyl sites for hydroxylation is 1. The van der Waals surface area contributed by atoms with Crippen molar-refractivity contribution in [3.63, 3.8) is 0 Å². The van der Waals surface area contributed by atoms with Crippen molar-refractivity contribution in [2.24, 2.45) is 0 Å². The summed E-state index contributed by atoms with van der Waals surface area (Å²) in [4.78, 5) is 15.3. The minimum atomic E-state index is -0.358. The van der Waals surface area contributed by atoms with Gasteiger partial charge in [-0.3, -0.25) is 4.79 Å². The van der Waals surface area contributed by atoms with E-state index in [9.17, 15) is 4.79 Å². The lowest BCUT2D eigenvalue weighted by Crippen LogP contribution is -2.48. The number of fused-ring (bicyclic) bond motifs is 1. The maximum Gasteiger partial charge on any atom is 0.250 e. The predicted molar refractivity (Wildman–Crippen MR) is 82.4 cm³/mol. The van der Waals surface area contributed by atoms with Crippen LogP contribution in [-0.2, 0) is 16.0 Å². The van der Waals surface area contributed by atoms with E-state index in [0.717, 1.165) is 18.5 Å². The van der Waals surface area contributed by atoms with Crippen molar-refractivity contribution in [2.45, 2.75) is 19.4 Å². The number of carbonyl (C=O) groups excluding carboxylic acids is 1. The van der Waals surface area contributed by atoms with Gasteiger partial charge in [0.25, 0.3) is 0 Å². The van der Waals surface area contributed by atoms with Gasteiger partial charge in [-0.25, -0.2) is 0 Å². The van der Waals surface area contributed by atoms with Crippen molar-refractivity contribution in [1.82, 2.24) is 15.6 Å². The lowest BCUT2D eigenvalue weighted by Gasteiger charge is -2.22. The van der Waals surface area contributed by atoms with Gasteiger partial charge in [0.2, 0.25) is 5.91 Å². The number of H-pyrrole nitrogens is 1. The molecule has 0 radical (unpaired) electrons. The van der Waals surface area contributed by atoms with Crippen LogP contribution in [0, 0.1) is 6.92 Å². The second kappa shape index (κ2) is 6.28. The van der Waals surface area contributed by atoms with Crippen LogP contribution < -0.4 is 10.6 Å². The van der Waals surface area contributed by atoms with Gasteiger partial charge in [-0.15, -0.1) is 0 Å². The van der Waals surface area contributed by atoms with Crippen LogP contribution in [0.2, 0.25) is 0 Å². The fourth-order valence-electron chi connectivity index (χ4n) is 2.82. The Hall–Kier alpha value is -1.85. The zero-order valence-corrected chi connectivity index (χ0v) is 12.2. The number of hydrogen-bond acceptors (Lipinski definition) is 3. The molecule has 2 heterocycles. The Morgan fingerprint density at radius 2 is 2.38 bits per heavy atom. The molecule has 5 nitrogen and oxygen atoms in total. The molecule has 0 saturated carbocycles. The topological polar surface area (TPSA) is 66.2 Å². The summed E-state index contributed by atoms with van der Waals surface area (Å²) in [5.41, 5.74) is 3.65. The second-order valence-electron chi connectivity index (χ2n) is 5.42. The molecule has 21 heavy (non-hydrogen) atoms. The summed E-state index contributed by atoms with van der Waals surface area (Å²) in [5.74, 6) is -0.0289. The van der Waals surface area contributed by atoms with E-state index in [2.05, 4.69) is 34.7 Å². The molecule has 3 rings (SSSR count). The molecule has 1 unspecified atom stereocenters. The molecule has 0 aliphatic carbocycles. The molecule has 1 fully saturated rings. The van der Waals surface area contributed by atoms with Gasteiger partial charge < -0.3 is 20.4 Å². The fourth-order valence-corrected chi connectivity index (χ4v) is 2.82. The van der Waals surface area contributed by atoms with Gasteiger partial charge >= 0.3 is 0 Å². The summed E-state index contributed by atoms with van der Waals surface area (Å²) in [7, 11) is 0. The van der Waals surface area contributed by atoms with Crippen molar-refractivity contribution in [1.29, 1.82) is 0 Å². The predicted octanol–water partition coefficient (Wildman–Crippen LogP) is 1.12. The highest BCUT2D eigenvalue weighted by molar-refractivity contribution is 5.86. The maximum absolute atomic E-state index is 12.0. The van der Waals surface area contributed by atoms with Crippen LogP contribution in [0.1, 0.15) is 11.1 Å². The third kappa shape index (κ3) is 3.09. The van der Waals surface area contributed by atoms with Gasteiger partial charge in [0.15, 0.2) is 0 Å². The quantitative estimate of drug-likeness (QED) is 0.789. The summed E-state index contributed by atoms with van der Waals surface area (Å²) in [6.07, 6.45) is 2.49. The van der Waals surface area contributed by atoms with Crippen LogP contribution in [0.25, 0.3) is 10.9 Å². The van der Waals surface area contributed by atoms with Crippen molar-refractivity contribution in [3.05, 3.63) is 35.5 Å². The fraction of sp³-hybridized carbons (Fsp3) is 0.438. The van der Waals surface area contributed by atoms with Crippen LogP contribution >= 0.6 is 0 Å². The molecule has 1 saturated heterocycles. The number of rotatable bonds is 4. The first-order valence-electron chi connectivity index (χ1n) is 7.41. The highest BCUT2D eigenvalue weighted by atomic mass is 16.5. The van der Waals surface area contributed by atoms with Gasteiger partial charge in [-0.1, -0.05) is 12.1 Å². The molecular weight excluding hydrogens is 266 g/mol. The van der Waals surface area contributed by atoms with E-state index in [-0.39, 0.29) is 12.0 Å². The summed E-state index contributed by atoms with van der Waals surface area (Å²) < 4.78 is 5.44. The Morgan fingerprint density at radius 3 is 3.19 bits per heavy atom. The number of amides is 1. The van der Waals surface area contributed by atoms with Crippen LogP contribution in [-0.4, -0.2) is 43.2 Å². The molecule has 1 aliphatic heterocycles. The number of ether oxygens (including phenoxy) is 1.